The summed E-state index contributed by atoms with van der Waals surface area (Å²) >= 11 is 0. The molecule has 0 aromatic rings. The summed E-state index contributed by atoms with van der Waals surface area (Å²) in [5.74, 6) is 2.15. The van der Waals surface area contributed by atoms with Crippen LogP contribution in [0.1, 0.15) is 47.5 Å². The number of aliphatic imine (C=N–C) groups is 1. The molecule has 20 heavy (non-hydrogen) atoms. The highest BCUT2D eigenvalue weighted by molar-refractivity contribution is 5.80. The Morgan fingerprint density at radius 1 is 1.30 bits per heavy atom. The SMILES string of the molecule is CN=C(NC(C)C(C)C)NC1C2CCCOC2C1(C)C. The fourth-order valence-corrected chi connectivity index (χ4v) is 3.52. The lowest BCUT2D eigenvalue weighted by Crippen LogP contribution is -2.71. The van der Waals surface area contributed by atoms with Crippen LogP contribution in [-0.4, -0.2) is 37.8 Å². The molecule has 2 rings (SSSR count). The first-order valence-electron chi connectivity index (χ1n) is 7.99. The van der Waals surface area contributed by atoms with Gasteiger partial charge in [0.15, 0.2) is 5.96 Å². The first-order chi connectivity index (χ1) is 9.37. The molecule has 1 saturated heterocycles. The Hall–Kier alpha value is -0.770. The molecule has 4 nitrogen and oxygen atoms in total. The summed E-state index contributed by atoms with van der Waals surface area (Å²) in [5, 5.41) is 7.13. The third kappa shape index (κ3) is 2.80. The van der Waals surface area contributed by atoms with Gasteiger partial charge in [-0.1, -0.05) is 27.7 Å². The van der Waals surface area contributed by atoms with Crippen LogP contribution in [0.5, 0.6) is 0 Å². The number of fused-ring (bicyclic) bond motifs is 1. The first-order valence-corrected chi connectivity index (χ1v) is 7.99. The summed E-state index contributed by atoms with van der Waals surface area (Å²) in [4.78, 5) is 4.39. The quantitative estimate of drug-likeness (QED) is 0.617. The lowest BCUT2D eigenvalue weighted by atomic mass is 9.55. The van der Waals surface area contributed by atoms with Gasteiger partial charge in [-0.15, -0.1) is 0 Å². The topological polar surface area (TPSA) is 45.7 Å². The number of nitrogens with zero attached hydrogens (tertiary/aromatic N) is 1. The minimum absolute atomic E-state index is 0.184. The zero-order valence-electron chi connectivity index (χ0n) is 13.9. The van der Waals surface area contributed by atoms with Gasteiger partial charge < -0.3 is 15.4 Å². The van der Waals surface area contributed by atoms with Gasteiger partial charge in [0, 0.05) is 37.1 Å². The Morgan fingerprint density at radius 3 is 2.60 bits per heavy atom. The average molecular weight is 281 g/mol. The normalized spacial score (nSPS) is 34.1. The number of hydrogen-bond acceptors (Lipinski definition) is 2. The van der Waals surface area contributed by atoms with Crippen LogP contribution in [0.2, 0.25) is 0 Å². The number of rotatable bonds is 3. The molecule has 0 amide bonds. The predicted octanol–water partition coefficient (Wildman–Crippen LogP) is 2.40. The van der Waals surface area contributed by atoms with Gasteiger partial charge in [0.2, 0.25) is 0 Å². The Bertz CT molecular complexity index is 365. The number of ether oxygens (including phenoxy) is 1. The van der Waals surface area contributed by atoms with Crippen LogP contribution in [0, 0.1) is 17.3 Å². The van der Waals surface area contributed by atoms with Crippen LogP contribution in [0.3, 0.4) is 0 Å². The fraction of sp³-hybridized carbons (Fsp3) is 0.938. The monoisotopic (exact) mass is 281 g/mol. The molecule has 0 aromatic carbocycles. The second-order valence-corrected chi connectivity index (χ2v) is 7.29. The molecule has 1 saturated carbocycles. The molecular formula is C16H31N3O. The van der Waals surface area contributed by atoms with Crippen molar-refractivity contribution in [3.05, 3.63) is 0 Å². The maximum absolute atomic E-state index is 5.96. The lowest BCUT2D eigenvalue weighted by molar-refractivity contribution is -0.188. The average Bonchev–Trinajstić information content (AvgIpc) is 2.42. The van der Waals surface area contributed by atoms with Gasteiger partial charge in [-0.3, -0.25) is 4.99 Å². The Labute approximate surface area is 123 Å². The van der Waals surface area contributed by atoms with Crippen molar-refractivity contribution in [3.8, 4) is 0 Å². The summed E-state index contributed by atoms with van der Waals surface area (Å²) in [7, 11) is 1.85. The summed E-state index contributed by atoms with van der Waals surface area (Å²) in [6, 6.07) is 0.876. The van der Waals surface area contributed by atoms with Gasteiger partial charge in [0.1, 0.15) is 0 Å². The van der Waals surface area contributed by atoms with E-state index >= 15 is 0 Å². The number of guanidine groups is 1. The largest absolute Gasteiger partial charge is 0.377 e. The highest BCUT2D eigenvalue weighted by Gasteiger charge is 2.58. The van der Waals surface area contributed by atoms with Crippen molar-refractivity contribution in [2.45, 2.75) is 65.6 Å². The molecule has 4 heteroatoms. The molecule has 1 heterocycles. The van der Waals surface area contributed by atoms with E-state index in [0.717, 1.165) is 12.6 Å². The van der Waals surface area contributed by atoms with E-state index in [9.17, 15) is 0 Å². The molecule has 0 aromatic heterocycles. The van der Waals surface area contributed by atoms with Crippen LogP contribution < -0.4 is 10.6 Å². The molecule has 1 aliphatic carbocycles. The second kappa shape index (κ2) is 5.92. The standard InChI is InChI=1S/C16H31N3O/c1-10(2)11(3)18-15(17-6)19-13-12-8-7-9-20-14(12)16(13,4)5/h10-14H,7-9H2,1-6H3,(H2,17,18,19). The first kappa shape index (κ1) is 15.6. The highest BCUT2D eigenvalue weighted by atomic mass is 16.5. The third-order valence-corrected chi connectivity index (χ3v) is 5.21. The van der Waals surface area contributed by atoms with Gasteiger partial charge in [0.05, 0.1) is 6.10 Å². The smallest absolute Gasteiger partial charge is 0.191 e. The van der Waals surface area contributed by atoms with Crippen molar-refractivity contribution in [1.82, 2.24) is 10.6 Å². The van der Waals surface area contributed by atoms with Gasteiger partial charge in [0.25, 0.3) is 0 Å². The van der Waals surface area contributed by atoms with Gasteiger partial charge in [-0.2, -0.15) is 0 Å². The van der Waals surface area contributed by atoms with Crippen molar-refractivity contribution in [2.24, 2.45) is 22.2 Å². The summed E-state index contributed by atoms with van der Waals surface area (Å²) in [6.07, 6.45) is 2.86. The van der Waals surface area contributed by atoms with Crippen molar-refractivity contribution < 1.29 is 4.74 Å². The third-order valence-electron chi connectivity index (χ3n) is 5.21. The van der Waals surface area contributed by atoms with E-state index in [2.05, 4.69) is 50.2 Å². The van der Waals surface area contributed by atoms with Crippen LogP contribution >= 0.6 is 0 Å². The van der Waals surface area contributed by atoms with Gasteiger partial charge in [-0.25, -0.2) is 0 Å². The fourth-order valence-electron chi connectivity index (χ4n) is 3.52. The van der Waals surface area contributed by atoms with Crippen molar-refractivity contribution in [1.29, 1.82) is 0 Å². The van der Waals surface area contributed by atoms with E-state index in [1.807, 2.05) is 7.05 Å². The lowest BCUT2D eigenvalue weighted by Gasteiger charge is -2.60. The maximum atomic E-state index is 5.96. The number of hydrogen-bond donors (Lipinski definition) is 2. The molecule has 2 fully saturated rings. The molecular weight excluding hydrogens is 250 g/mol. The van der Waals surface area contributed by atoms with Crippen molar-refractivity contribution >= 4 is 5.96 Å². The van der Waals surface area contributed by atoms with Crippen LogP contribution in [0.4, 0.5) is 0 Å². The van der Waals surface area contributed by atoms with Gasteiger partial charge >= 0.3 is 0 Å². The van der Waals surface area contributed by atoms with E-state index < -0.39 is 0 Å². The predicted molar refractivity (Wildman–Crippen MR) is 84.0 cm³/mol. The Balaban J connectivity index is 1.97. The Morgan fingerprint density at radius 2 is 2.00 bits per heavy atom. The van der Waals surface area contributed by atoms with Crippen LogP contribution in [0.25, 0.3) is 0 Å². The minimum Gasteiger partial charge on any atom is -0.377 e. The van der Waals surface area contributed by atoms with Crippen LogP contribution in [-0.2, 0) is 4.74 Å². The molecule has 1 aliphatic heterocycles. The molecule has 0 spiro atoms. The molecule has 2 aliphatic rings. The van der Waals surface area contributed by atoms with Gasteiger partial charge in [-0.05, 0) is 25.7 Å². The van der Waals surface area contributed by atoms with E-state index in [1.165, 1.54) is 12.8 Å². The van der Waals surface area contributed by atoms with Crippen LogP contribution in [0.15, 0.2) is 4.99 Å². The second-order valence-electron chi connectivity index (χ2n) is 7.29. The molecule has 4 unspecified atom stereocenters. The minimum atomic E-state index is 0.184. The Kier molecular flexibility index (Phi) is 4.62. The van der Waals surface area contributed by atoms with E-state index in [-0.39, 0.29) is 5.41 Å². The number of nitrogens with one attached hydrogen (secondary N) is 2. The molecule has 0 radical (unpaired) electrons. The van der Waals surface area contributed by atoms with E-state index in [0.29, 0.717) is 30.0 Å². The van der Waals surface area contributed by atoms with Crippen molar-refractivity contribution in [3.63, 3.8) is 0 Å². The van der Waals surface area contributed by atoms with E-state index in [4.69, 9.17) is 4.74 Å². The van der Waals surface area contributed by atoms with E-state index in [1.54, 1.807) is 0 Å². The van der Waals surface area contributed by atoms with Crippen molar-refractivity contribution in [2.75, 3.05) is 13.7 Å². The zero-order chi connectivity index (χ0) is 14.9. The molecule has 4 atom stereocenters. The molecule has 116 valence electrons. The zero-order valence-corrected chi connectivity index (χ0v) is 13.9. The summed E-state index contributed by atoms with van der Waals surface area (Å²) in [5.41, 5.74) is 0.184. The molecule has 0 bridgehead atoms. The maximum Gasteiger partial charge on any atom is 0.191 e. The summed E-state index contributed by atoms with van der Waals surface area (Å²) in [6.45, 7) is 12.2. The molecule has 2 N–H and O–H groups in total. The summed E-state index contributed by atoms with van der Waals surface area (Å²) < 4.78 is 5.96. The highest BCUT2D eigenvalue weighted by Crippen LogP contribution is 2.51.